The average Bonchev–Trinajstić information content (AvgIpc) is 3.77. The molecule has 2 heteroatoms. The van der Waals surface area contributed by atoms with Crippen LogP contribution < -0.4 is 4.90 Å². The van der Waals surface area contributed by atoms with Crippen LogP contribution >= 0.6 is 0 Å². The van der Waals surface area contributed by atoms with Crippen LogP contribution in [0.25, 0.3) is 110 Å². The Morgan fingerprint density at radius 2 is 0.727 bits per heavy atom. The van der Waals surface area contributed by atoms with E-state index in [1.165, 1.54) is 65.5 Å². The lowest BCUT2D eigenvalue weighted by molar-refractivity contribution is 0.672. The molecular weight excluding hydrogens is 799 g/mol. The van der Waals surface area contributed by atoms with E-state index < -0.39 is 0 Å². The van der Waals surface area contributed by atoms with E-state index in [9.17, 15) is 0 Å². The highest BCUT2D eigenvalue weighted by Crippen LogP contribution is 2.47. The quantitative estimate of drug-likeness (QED) is 0.149. The van der Waals surface area contributed by atoms with Crippen LogP contribution in [-0.2, 0) is 0 Å². The molecule has 0 aliphatic rings. The smallest absolute Gasteiger partial charge is 0.143 e. The summed E-state index contributed by atoms with van der Waals surface area (Å²) >= 11 is 0. The summed E-state index contributed by atoms with van der Waals surface area (Å²) in [6, 6.07) is 90.3. The highest BCUT2D eigenvalue weighted by atomic mass is 16.3. The maximum Gasteiger partial charge on any atom is 0.143 e. The van der Waals surface area contributed by atoms with Gasteiger partial charge in [0.2, 0.25) is 0 Å². The summed E-state index contributed by atoms with van der Waals surface area (Å²) in [7, 11) is 0. The number of nitrogens with zero attached hydrogens (tertiary/aromatic N) is 1. The zero-order valence-electron chi connectivity index (χ0n) is 36.0. The van der Waals surface area contributed by atoms with Gasteiger partial charge in [0.25, 0.3) is 0 Å². The highest BCUT2D eigenvalue weighted by molar-refractivity contribution is 6.22. The van der Waals surface area contributed by atoms with Crippen LogP contribution in [0.15, 0.2) is 253 Å². The third kappa shape index (κ3) is 6.34. The minimum absolute atomic E-state index is 0.857. The molecule has 0 aliphatic carbocycles. The molecule has 0 unspecified atom stereocenters. The monoisotopic (exact) mass is 839 g/mol. The van der Waals surface area contributed by atoms with Gasteiger partial charge in [0, 0.05) is 39.3 Å². The van der Waals surface area contributed by atoms with Crippen LogP contribution in [0.2, 0.25) is 0 Å². The predicted molar refractivity (Wildman–Crippen MR) is 280 cm³/mol. The number of hydrogen-bond acceptors (Lipinski definition) is 2. The van der Waals surface area contributed by atoms with Gasteiger partial charge in [-0.05, 0) is 137 Å². The van der Waals surface area contributed by atoms with Crippen LogP contribution in [0.3, 0.4) is 0 Å². The van der Waals surface area contributed by atoms with E-state index in [2.05, 4.69) is 254 Å². The molecule has 13 rings (SSSR count). The van der Waals surface area contributed by atoms with Crippen LogP contribution in [0.5, 0.6) is 0 Å². The fourth-order valence-electron chi connectivity index (χ4n) is 10.3. The number of anilines is 3. The lowest BCUT2D eigenvalue weighted by atomic mass is 9.84. The van der Waals surface area contributed by atoms with Gasteiger partial charge in [0.05, 0.1) is 0 Å². The molecule has 2 nitrogen and oxygen atoms in total. The second-order valence-corrected chi connectivity index (χ2v) is 17.2. The van der Waals surface area contributed by atoms with Crippen molar-refractivity contribution in [2.75, 3.05) is 4.90 Å². The van der Waals surface area contributed by atoms with E-state index in [4.69, 9.17) is 4.42 Å². The number of fused-ring (bicyclic) bond motifs is 9. The molecule has 1 aromatic heterocycles. The Kier molecular flexibility index (Phi) is 8.89. The maximum absolute atomic E-state index is 6.79. The second-order valence-electron chi connectivity index (χ2n) is 17.2. The van der Waals surface area contributed by atoms with Crippen molar-refractivity contribution in [2.24, 2.45) is 0 Å². The SMILES string of the molecule is c1ccc(-c2c(-c3ccccc3)c3cc(-c4cccc(N(c5cccc(-c6ccc7ccccc7c6)c5)c5ccc6c(c5)oc5c7ccccc7ccc65)c4)ccc3c3ccccc23)cc1. The Labute approximate surface area is 382 Å². The average molecular weight is 840 g/mol. The van der Waals surface area contributed by atoms with E-state index in [1.54, 1.807) is 0 Å². The Hall–Kier alpha value is -8.72. The van der Waals surface area contributed by atoms with E-state index in [0.29, 0.717) is 0 Å². The molecule has 13 aromatic rings. The lowest BCUT2D eigenvalue weighted by Crippen LogP contribution is -2.10. The summed E-state index contributed by atoms with van der Waals surface area (Å²) in [5.41, 5.74) is 14.4. The molecule has 0 spiro atoms. The van der Waals surface area contributed by atoms with Crippen molar-refractivity contribution in [3.63, 3.8) is 0 Å². The first-order valence-electron chi connectivity index (χ1n) is 22.7. The first kappa shape index (κ1) is 37.8. The molecule has 66 heavy (non-hydrogen) atoms. The van der Waals surface area contributed by atoms with Crippen LogP contribution in [-0.4, -0.2) is 0 Å². The minimum Gasteiger partial charge on any atom is -0.455 e. The van der Waals surface area contributed by atoms with Crippen molar-refractivity contribution in [3.8, 4) is 44.5 Å². The van der Waals surface area contributed by atoms with Gasteiger partial charge in [-0.1, -0.05) is 188 Å². The normalized spacial score (nSPS) is 11.6. The Balaban J connectivity index is 1.01. The topological polar surface area (TPSA) is 16.4 Å². The van der Waals surface area contributed by atoms with Gasteiger partial charge in [-0.3, -0.25) is 0 Å². The molecule has 0 saturated carbocycles. The van der Waals surface area contributed by atoms with Crippen molar-refractivity contribution in [1.82, 2.24) is 0 Å². The second kappa shape index (κ2) is 15.5. The van der Waals surface area contributed by atoms with Gasteiger partial charge < -0.3 is 9.32 Å². The van der Waals surface area contributed by atoms with Crippen molar-refractivity contribution in [1.29, 1.82) is 0 Å². The van der Waals surface area contributed by atoms with Crippen LogP contribution in [0.1, 0.15) is 0 Å². The largest absolute Gasteiger partial charge is 0.455 e. The first-order chi connectivity index (χ1) is 32.7. The van der Waals surface area contributed by atoms with Crippen molar-refractivity contribution >= 4 is 82.1 Å². The van der Waals surface area contributed by atoms with E-state index in [1.807, 2.05) is 0 Å². The number of benzene rings is 12. The molecule has 0 bridgehead atoms. The van der Waals surface area contributed by atoms with E-state index in [-0.39, 0.29) is 0 Å². The van der Waals surface area contributed by atoms with Gasteiger partial charge in [-0.15, -0.1) is 0 Å². The van der Waals surface area contributed by atoms with Gasteiger partial charge >= 0.3 is 0 Å². The first-order valence-corrected chi connectivity index (χ1v) is 22.7. The molecule has 0 fully saturated rings. The van der Waals surface area contributed by atoms with Crippen LogP contribution in [0, 0.1) is 0 Å². The molecule has 308 valence electrons. The zero-order chi connectivity index (χ0) is 43.6. The Morgan fingerprint density at radius 3 is 1.45 bits per heavy atom. The minimum atomic E-state index is 0.857. The predicted octanol–water partition coefficient (Wildman–Crippen LogP) is 18.3. The molecule has 0 radical (unpaired) electrons. The van der Waals surface area contributed by atoms with Gasteiger partial charge in [0.1, 0.15) is 11.2 Å². The molecule has 0 atom stereocenters. The summed E-state index contributed by atoms with van der Waals surface area (Å²) in [6.45, 7) is 0. The molecule has 12 aromatic carbocycles. The molecule has 1 heterocycles. The summed E-state index contributed by atoms with van der Waals surface area (Å²) in [4.78, 5) is 2.37. The van der Waals surface area contributed by atoms with Gasteiger partial charge in [-0.2, -0.15) is 0 Å². The fourth-order valence-corrected chi connectivity index (χ4v) is 10.3. The fraction of sp³-hybridized carbons (Fsp3) is 0. The summed E-state index contributed by atoms with van der Waals surface area (Å²) in [5, 5.41) is 11.9. The lowest BCUT2D eigenvalue weighted by Gasteiger charge is -2.26. The number of hydrogen-bond donors (Lipinski definition) is 0. The molecule has 0 saturated heterocycles. The third-order valence-electron chi connectivity index (χ3n) is 13.4. The standard InChI is InChI=1S/C64H41NO/c1-3-17-44(18-4-1)62-58-28-12-11-27-55(58)56-34-32-50(40-60(56)63(62)45-19-5-2-6-20-45)48-23-14-25-52(39-48)65(51-24-13-22-47(38-51)49-30-29-42-15-7-8-21-46(42)37-49)53-33-36-57-59-35-31-43-16-9-10-26-54(43)64(59)66-61(57)41-53/h1-41H. The van der Waals surface area contributed by atoms with Crippen LogP contribution in [0.4, 0.5) is 17.1 Å². The van der Waals surface area contributed by atoms with Crippen molar-refractivity contribution in [3.05, 3.63) is 249 Å². The molecule has 0 aliphatic heterocycles. The van der Waals surface area contributed by atoms with E-state index >= 15 is 0 Å². The highest BCUT2D eigenvalue weighted by Gasteiger charge is 2.21. The van der Waals surface area contributed by atoms with Gasteiger partial charge in [-0.25, -0.2) is 0 Å². The Morgan fingerprint density at radius 1 is 0.242 bits per heavy atom. The summed E-state index contributed by atoms with van der Waals surface area (Å²) < 4.78 is 6.79. The summed E-state index contributed by atoms with van der Waals surface area (Å²) in [6.07, 6.45) is 0. The Bertz CT molecular complexity index is 4000. The van der Waals surface area contributed by atoms with Crippen molar-refractivity contribution < 1.29 is 4.42 Å². The number of furan rings is 1. The van der Waals surface area contributed by atoms with Crippen molar-refractivity contribution in [2.45, 2.75) is 0 Å². The number of rotatable bonds is 7. The van der Waals surface area contributed by atoms with E-state index in [0.717, 1.165) is 61.1 Å². The van der Waals surface area contributed by atoms with Gasteiger partial charge in [0.15, 0.2) is 0 Å². The maximum atomic E-state index is 6.79. The third-order valence-corrected chi connectivity index (χ3v) is 13.4. The zero-order valence-corrected chi connectivity index (χ0v) is 36.0. The molecule has 0 N–H and O–H groups in total. The molecule has 0 amide bonds. The summed E-state index contributed by atoms with van der Waals surface area (Å²) in [5.74, 6) is 0. The molecular formula is C64H41NO.